The molecular weight excluding hydrogens is 226 g/mol. The number of carbonyl (C=O) groups is 1. The van der Waals surface area contributed by atoms with Crippen molar-refractivity contribution < 1.29 is 9.53 Å². The first kappa shape index (κ1) is 14.6. The highest BCUT2D eigenvalue weighted by atomic mass is 16.5. The molecule has 1 aromatic carbocycles. The number of rotatable bonds is 7. The monoisotopic (exact) mass is 249 g/mol. The Morgan fingerprint density at radius 1 is 1.44 bits per heavy atom. The fourth-order valence-corrected chi connectivity index (χ4v) is 1.82. The average Bonchev–Trinajstić information content (AvgIpc) is 2.39. The number of carbonyl (C=O) groups excluding carboxylic acids is 1. The minimum atomic E-state index is 0.124. The van der Waals surface area contributed by atoms with Gasteiger partial charge in [-0.2, -0.15) is 0 Å². The summed E-state index contributed by atoms with van der Waals surface area (Å²) in [6.07, 6.45) is 2.67. The SMILES string of the molecule is CCCCNC(=O)CC(C)c1cccc(OC)c1. The number of methoxy groups -OCH3 is 1. The van der Waals surface area contributed by atoms with E-state index >= 15 is 0 Å². The first-order chi connectivity index (χ1) is 8.67. The van der Waals surface area contributed by atoms with Crippen molar-refractivity contribution in [1.29, 1.82) is 0 Å². The molecule has 0 fully saturated rings. The molecule has 1 aromatic rings. The van der Waals surface area contributed by atoms with Crippen molar-refractivity contribution in [2.45, 2.75) is 39.0 Å². The maximum Gasteiger partial charge on any atom is 0.220 e. The number of hydrogen-bond donors (Lipinski definition) is 1. The second kappa shape index (κ2) is 7.75. The van der Waals surface area contributed by atoms with E-state index in [0.29, 0.717) is 6.42 Å². The topological polar surface area (TPSA) is 38.3 Å². The molecule has 1 atom stereocenters. The van der Waals surface area contributed by atoms with Gasteiger partial charge in [-0.3, -0.25) is 4.79 Å². The molecule has 1 amide bonds. The number of amides is 1. The zero-order valence-corrected chi connectivity index (χ0v) is 11.5. The van der Waals surface area contributed by atoms with Crippen LogP contribution in [0.15, 0.2) is 24.3 Å². The van der Waals surface area contributed by atoms with E-state index in [0.717, 1.165) is 30.7 Å². The number of benzene rings is 1. The first-order valence-electron chi connectivity index (χ1n) is 6.58. The van der Waals surface area contributed by atoms with Crippen molar-refractivity contribution in [3.63, 3.8) is 0 Å². The van der Waals surface area contributed by atoms with Crippen LogP contribution in [0, 0.1) is 0 Å². The fraction of sp³-hybridized carbons (Fsp3) is 0.533. The Labute approximate surface area is 110 Å². The van der Waals surface area contributed by atoms with Crippen molar-refractivity contribution in [2.75, 3.05) is 13.7 Å². The lowest BCUT2D eigenvalue weighted by molar-refractivity contribution is -0.121. The van der Waals surface area contributed by atoms with Gasteiger partial charge in [-0.25, -0.2) is 0 Å². The number of unbranched alkanes of at least 4 members (excludes halogenated alkanes) is 1. The number of hydrogen-bond acceptors (Lipinski definition) is 2. The minimum Gasteiger partial charge on any atom is -0.497 e. The summed E-state index contributed by atoms with van der Waals surface area (Å²) >= 11 is 0. The molecule has 0 aromatic heterocycles. The van der Waals surface area contributed by atoms with Gasteiger partial charge in [0.05, 0.1) is 7.11 Å². The first-order valence-corrected chi connectivity index (χ1v) is 6.58. The minimum absolute atomic E-state index is 0.124. The molecule has 1 rings (SSSR count). The lowest BCUT2D eigenvalue weighted by Crippen LogP contribution is -2.25. The zero-order valence-electron chi connectivity index (χ0n) is 11.5. The van der Waals surface area contributed by atoms with E-state index in [9.17, 15) is 4.79 Å². The quantitative estimate of drug-likeness (QED) is 0.754. The van der Waals surface area contributed by atoms with Crippen molar-refractivity contribution in [3.05, 3.63) is 29.8 Å². The van der Waals surface area contributed by atoms with Gasteiger partial charge in [0.15, 0.2) is 0 Å². The average molecular weight is 249 g/mol. The van der Waals surface area contributed by atoms with Gasteiger partial charge >= 0.3 is 0 Å². The lowest BCUT2D eigenvalue weighted by Gasteiger charge is -2.13. The van der Waals surface area contributed by atoms with Crippen molar-refractivity contribution in [1.82, 2.24) is 5.32 Å². The summed E-state index contributed by atoms with van der Waals surface area (Å²) in [5.74, 6) is 1.17. The molecule has 0 saturated carbocycles. The van der Waals surface area contributed by atoms with Crippen molar-refractivity contribution in [2.24, 2.45) is 0 Å². The molecule has 0 heterocycles. The Morgan fingerprint density at radius 3 is 2.89 bits per heavy atom. The molecule has 18 heavy (non-hydrogen) atoms. The van der Waals surface area contributed by atoms with Crippen LogP contribution < -0.4 is 10.1 Å². The van der Waals surface area contributed by atoms with Crippen LogP contribution >= 0.6 is 0 Å². The number of nitrogens with one attached hydrogen (secondary N) is 1. The molecule has 3 heteroatoms. The summed E-state index contributed by atoms with van der Waals surface area (Å²) < 4.78 is 5.19. The molecular formula is C15H23NO2. The highest BCUT2D eigenvalue weighted by Crippen LogP contribution is 2.22. The standard InChI is InChI=1S/C15H23NO2/c1-4-5-9-16-15(17)10-12(2)13-7-6-8-14(11-13)18-3/h6-8,11-12H,4-5,9-10H2,1-3H3,(H,16,17). The summed E-state index contributed by atoms with van der Waals surface area (Å²) in [6, 6.07) is 7.90. The molecule has 0 aliphatic rings. The van der Waals surface area contributed by atoms with Gasteiger partial charge in [-0.05, 0) is 30.0 Å². The van der Waals surface area contributed by atoms with Gasteiger partial charge in [-0.15, -0.1) is 0 Å². The maximum absolute atomic E-state index is 11.7. The Hall–Kier alpha value is -1.51. The van der Waals surface area contributed by atoms with E-state index < -0.39 is 0 Å². The molecule has 3 nitrogen and oxygen atoms in total. The van der Waals surface area contributed by atoms with E-state index in [1.54, 1.807) is 7.11 Å². The summed E-state index contributed by atoms with van der Waals surface area (Å²) in [6.45, 7) is 4.96. The predicted octanol–water partition coefficient (Wildman–Crippen LogP) is 3.11. The van der Waals surface area contributed by atoms with Gasteiger partial charge in [0.25, 0.3) is 0 Å². The third-order valence-corrected chi connectivity index (χ3v) is 3.01. The van der Waals surface area contributed by atoms with E-state index in [1.165, 1.54) is 0 Å². The molecule has 0 radical (unpaired) electrons. The van der Waals surface area contributed by atoms with Crippen LogP contribution in [0.2, 0.25) is 0 Å². The van der Waals surface area contributed by atoms with Gasteiger partial charge in [0.2, 0.25) is 5.91 Å². The Morgan fingerprint density at radius 2 is 2.22 bits per heavy atom. The van der Waals surface area contributed by atoms with Crippen LogP contribution in [-0.4, -0.2) is 19.6 Å². The van der Waals surface area contributed by atoms with Crippen LogP contribution in [0.1, 0.15) is 44.6 Å². The normalized spacial score (nSPS) is 11.9. The highest BCUT2D eigenvalue weighted by Gasteiger charge is 2.11. The van der Waals surface area contributed by atoms with Gasteiger partial charge in [-0.1, -0.05) is 32.4 Å². The zero-order chi connectivity index (χ0) is 13.4. The third-order valence-electron chi connectivity index (χ3n) is 3.01. The summed E-state index contributed by atoms with van der Waals surface area (Å²) in [5, 5.41) is 2.94. The Kier molecular flexibility index (Phi) is 6.26. The third kappa shape index (κ3) is 4.78. The Balaban J connectivity index is 2.48. The Bertz CT molecular complexity index is 377. The fourth-order valence-electron chi connectivity index (χ4n) is 1.82. The summed E-state index contributed by atoms with van der Waals surface area (Å²) in [7, 11) is 1.65. The van der Waals surface area contributed by atoms with Gasteiger partial charge in [0, 0.05) is 13.0 Å². The van der Waals surface area contributed by atoms with E-state index in [-0.39, 0.29) is 11.8 Å². The lowest BCUT2D eigenvalue weighted by atomic mass is 9.97. The molecule has 0 bridgehead atoms. The highest BCUT2D eigenvalue weighted by molar-refractivity contribution is 5.76. The van der Waals surface area contributed by atoms with Crippen LogP contribution in [0.25, 0.3) is 0 Å². The smallest absolute Gasteiger partial charge is 0.220 e. The van der Waals surface area contributed by atoms with Crippen LogP contribution in [0.5, 0.6) is 5.75 Å². The molecule has 100 valence electrons. The maximum atomic E-state index is 11.7. The van der Waals surface area contributed by atoms with Crippen molar-refractivity contribution in [3.8, 4) is 5.75 Å². The molecule has 1 unspecified atom stereocenters. The second-order valence-electron chi connectivity index (χ2n) is 4.59. The van der Waals surface area contributed by atoms with Crippen LogP contribution in [0.3, 0.4) is 0 Å². The van der Waals surface area contributed by atoms with E-state index in [2.05, 4.69) is 19.2 Å². The predicted molar refractivity (Wildman–Crippen MR) is 73.9 cm³/mol. The molecule has 1 N–H and O–H groups in total. The van der Waals surface area contributed by atoms with E-state index in [4.69, 9.17) is 4.74 Å². The second-order valence-corrected chi connectivity index (χ2v) is 4.59. The van der Waals surface area contributed by atoms with Gasteiger partial charge < -0.3 is 10.1 Å². The number of ether oxygens (including phenoxy) is 1. The van der Waals surface area contributed by atoms with Crippen LogP contribution in [-0.2, 0) is 4.79 Å². The molecule has 0 saturated heterocycles. The van der Waals surface area contributed by atoms with Crippen molar-refractivity contribution >= 4 is 5.91 Å². The largest absolute Gasteiger partial charge is 0.497 e. The van der Waals surface area contributed by atoms with Gasteiger partial charge in [0.1, 0.15) is 5.75 Å². The molecule has 0 aliphatic carbocycles. The molecule has 0 aliphatic heterocycles. The van der Waals surface area contributed by atoms with Crippen LogP contribution in [0.4, 0.5) is 0 Å². The summed E-state index contributed by atoms with van der Waals surface area (Å²) in [4.78, 5) is 11.7. The summed E-state index contributed by atoms with van der Waals surface area (Å²) in [5.41, 5.74) is 1.14. The van der Waals surface area contributed by atoms with E-state index in [1.807, 2.05) is 24.3 Å². The molecule has 0 spiro atoms.